The molecular weight excluding hydrogens is 701 g/mol. The molecule has 0 saturated carbocycles. The lowest BCUT2D eigenvalue weighted by Gasteiger charge is -2.33. The monoisotopic (exact) mass is 788 g/mol. The van der Waals surface area contributed by atoms with E-state index in [-0.39, 0.29) is 31.6 Å². The van der Waals surface area contributed by atoms with Crippen molar-refractivity contribution >= 4 is 19.6 Å². The summed E-state index contributed by atoms with van der Waals surface area (Å²) in [6.07, 6.45) is 34.4. The summed E-state index contributed by atoms with van der Waals surface area (Å²) >= 11 is 0. The summed E-state index contributed by atoms with van der Waals surface area (Å²) in [5.41, 5.74) is 0. The van der Waals surface area contributed by atoms with Gasteiger partial charge in [-0.3, -0.25) is 14.2 Å². The van der Waals surface area contributed by atoms with Crippen LogP contribution in [-0.2, 0) is 23.2 Å². The Bertz CT molecular complexity index is 969. The number of hydrogen-bond acceptors (Lipinski definition) is 8. The third kappa shape index (κ3) is 34.2. The van der Waals surface area contributed by atoms with Crippen molar-refractivity contribution in [3.05, 3.63) is 12.2 Å². The maximum absolute atomic E-state index is 13.4. The van der Waals surface area contributed by atoms with Crippen LogP contribution in [0.2, 0.25) is 0 Å². The van der Waals surface area contributed by atoms with Crippen molar-refractivity contribution in [2.24, 2.45) is 5.92 Å². The van der Waals surface area contributed by atoms with Gasteiger partial charge >= 0.3 is 13.8 Å². The summed E-state index contributed by atoms with van der Waals surface area (Å²) < 4.78 is 23.5. The highest BCUT2D eigenvalue weighted by atomic mass is 31.2. The van der Waals surface area contributed by atoms with Gasteiger partial charge in [0.15, 0.2) is 0 Å². The maximum atomic E-state index is 13.4. The number of phosphoric acid groups is 1. The smallest absolute Gasteiger partial charge is 0.322 e. The lowest BCUT2D eigenvalue weighted by molar-refractivity contribution is -0.873. The molecule has 0 amide bonds. The summed E-state index contributed by atoms with van der Waals surface area (Å²) in [4.78, 5) is 39.6. The average Bonchev–Trinajstić information content (AvgIpc) is 3.10. The molecule has 2 N–H and O–H groups in total. The number of ketones is 1. The number of nitrogens with zero attached hydrogens (tertiary/aromatic N) is 1. The third-order valence-electron chi connectivity index (χ3n) is 10.2. The van der Waals surface area contributed by atoms with Crippen LogP contribution in [0.4, 0.5) is 0 Å². The fourth-order valence-corrected chi connectivity index (χ4v) is 7.92. The molecule has 0 aromatic heterocycles. The predicted molar refractivity (Wildman–Crippen MR) is 222 cm³/mol. The number of aliphatic hydroxyl groups is 2. The fraction of sp³-hybridized carbons (Fsp3) is 0.909. The highest BCUT2D eigenvalue weighted by Crippen LogP contribution is 2.42. The fourth-order valence-electron chi connectivity index (χ4n) is 7.02. The van der Waals surface area contributed by atoms with Crippen molar-refractivity contribution < 1.29 is 42.8 Å². The Morgan fingerprint density at radius 1 is 0.667 bits per heavy atom. The SMILES string of the molecule is CCCCCCCC/C=C\CCCCCCC(C(=O)CCCCCCCCCCCCCCCCC)C(=O)OP(=O)([O-])OC(CC(O)CO)C[N+](C)(C)C. The number of phosphoric ester groups is 1. The maximum Gasteiger partial charge on any atom is 0.322 e. The molecule has 4 unspecified atom stereocenters. The zero-order valence-corrected chi connectivity index (χ0v) is 36.6. The van der Waals surface area contributed by atoms with Crippen LogP contribution in [0.3, 0.4) is 0 Å². The van der Waals surface area contributed by atoms with E-state index >= 15 is 0 Å². The van der Waals surface area contributed by atoms with Gasteiger partial charge in [-0.05, 0) is 38.5 Å². The first-order chi connectivity index (χ1) is 25.8. The normalized spacial score (nSPS) is 15.0. The molecule has 0 aromatic rings. The van der Waals surface area contributed by atoms with Crippen LogP contribution >= 0.6 is 7.82 Å². The minimum absolute atomic E-state index is 0.147. The molecule has 0 fully saturated rings. The number of likely N-dealkylation sites (N-methyl/N-ethyl adjacent to an activating group) is 1. The number of quaternary nitrogens is 1. The lowest BCUT2D eigenvalue weighted by Crippen LogP contribution is -2.44. The topological polar surface area (TPSA) is 133 Å². The first-order valence-electron chi connectivity index (χ1n) is 22.3. The van der Waals surface area contributed by atoms with Crippen LogP contribution in [-0.4, -0.2) is 73.0 Å². The van der Waals surface area contributed by atoms with E-state index in [4.69, 9.17) is 9.05 Å². The van der Waals surface area contributed by atoms with Gasteiger partial charge in [-0.1, -0.05) is 167 Å². The lowest BCUT2D eigenvalue weighted by atomic mass is 9.93. The summed E-state index contributed by atoms with van der Waals surface area (Å²) in [6, 6.07) is 0. The summed E-state index contributed by atoms with van der Waals surface area (Å²) in [6.45, 7) is 4.13. The first kappa shape index (κ1) is 52.9. The Hall–Kier alpha value is -1.09. The second-order valence-corrected chi connectivity index (χ2v) is 18.2. The van der Waals surface area contributed by atoms with Crippen molar-refractivity contribution in [2.45, 2.75) is 219 Å². The largest absolute Gasteiger partial charge is 0.746 e. The molecule has 0 aliphatic carbocycles. The standard InChI is InChI=1S/C44H86NO8P/c1-6-8-10-12-14-16-18-20-22-24-26-28-30-32-34-36-43(48)42(35-33-31-29-27-25-23-21-19-17-15-13-11-9-7-2)44(49)53-54(50,51)52-41(37-40(47)39-46)38-45(3,4)5/h21,23,40-42,46-47H,6-20,22,24-39H2,1-5H3/b23-21-. The average molecular weight is 788 g/mol. The van der Waals surface area contributed by atoms with Crippen molar-refractivity contribution in [1.82, 2.24) is 0 Å². The number of allylic oxidation sites excluding steroid dienone is 2. The molecule has 0 aliphatic rings. The van der Waals surface area contributed by atoms with Gasteiger partial charge < -0.3 is 28.6 Å². The molecule has 4 atom stereocenters. The Balaban J connectivity index is 4.86. The summed E-state index contributed by atoms with van der Waals surface area (Å²) in [5.74, 6) is -2.51. The number of hydrogen-bond donors (Lipinski definition) is 2. The van der Waals surface area contributed by atoms with Crippen molar-refractivity contribution in [1.29, 1.82) is 0 Å². The minimum Gasteiger partial charge on any atom is -0.746 e. The molecule has 10 heteroatoms. The van der Waals surface area contributed by atoms with E-state index in [2.05, 4.69) is 26.0 Å². The van der Waals surface area contributed by atoms with Gasteiger partial charge in [0.1, 0.15) is 24.3 Å². The predicted octanol–water partition coefficient (Wildman–Crippen LogP) is 10.9. The number of unbranched alkanes of at least 4 members (excludes halogenated alkanes) is 24. The number of aliphatic hydroxyl groups excluding tert-OH is 2. The van der Waals surface area contributed by atoms with Crippen molar-refractivity contribution in [3.63, 3.8) is 0 Å². The zero-order valence-electron chi connectivity index (χ0n) is 35.8. The molecule has 0 heterocycles. The first-order valence-corrected chi connectivity index (χ1v) is 23.8. The van der Waals surface area contributed by atoms with Gasteiger partial charge in [0.2, 0.25) is 0 Å². The molecule has 0 aliphatic heterocycles. The van der Waals surface area contributed by atoms with Crippen molar-refractivity contribution in [2.75, 3.05) is 34.3 Å². The van der Waals surface area contributed by atoms with Crippen LogP contribution in [0, 0.1) is 5.92 Å². The van der Waals surface area contributed by atoms with E-state index < -0.39 is 38.5 Å². The Kier molecular flexibility index (Phi) is 34.4. The molecule has 0 rings (SSSR count). The van der Waals surface area contributed by atoms with E-state index in [1.165, 1.54) is 109 Å². The van der Waals surface area contributed by atoms with E-state index in [0.29, 0.717) is 17.3 Å². The Labute approximate surface area is 332 Å². The van der Waals surface area contributed by atoms with E-state index in [0.717, 1.165) is 51.4 Å². The van der Waals surface area contributed by atoms with Gasteiger partial charge in [0, 0.05) is 12.8 Å². The molecular formula is C44H86NO8P. The van der Waals surface area contributed by atoms with E-state index in [1.807, 2.05) is 21.1 Å². The van der Waals surface area contributed by atoms with E-state index in [9.17, 15) is 29.3 Å². The van der Waals surface area contributed by atoms with Crippen LogP contribution in [0.5, 0.6) is 0 Å². The molecule has 0 radical (unpaired) electrons. The number of Topliss-reactive ketones (excluding diaryl/α,β-unsaturated/α-hetero) is 1. The Morgan fingerprint density at radius 2 is 1.07 bits per heavy atom. The van der Waals surface area contributed by atoms with Crippen LogP contribution < -0.4 is 4.89 Å². The van der Waals surface area contributed by atoms with Crippen LogP contribution in [0.15, 0.2) is 12.2 Å². The Morgan fingerprint density at radius 3 is 1.50 bits per heavy atom. The van der Waals surface area contributed by atoms with Gasteiger partial charge in [-0.2, -0.15) is 0 Å². The van der Waals surface area contributed by atoms with Gasteiger partial charge in [-0.15, -0.1) is 0 Å². The second-order valence-electron chi connectivity index (χ2n) is 16.9. The highest BCUT2D eigenvalue weighted by Gasteiger charge is 2.33. The van der Waals surface area contributed by atoms with Crippen LogP contribution in [0.25, 0.3) is 0 Å². The molecule has 0 bridgehead atoms. The molecule has 0 aromatic carbocycles. The number of carbonyl (C=O) groups excluding carboxylic acids is 2. The zero-order chi connectivity index (χ0) is 40.3. The minimum atomic E-state index is -5.15. The number of rotatable bonds is 40. The van der Waals surface area contributed by atoms with Crippen molar-refractivity contribution in [3.8, 4) is 0 Å². The van der Waals surface area contributed by atoms with Gasteiger partial charge in [-0.25, -0.2) is 0 Å². The third-order valence-corrected chi connectivity index (χ3v) is 11.1. The highest BCUT2D eigenvalue weighted by molar-refractivity contribution is 7.46. The molecule has 0 spiro atoms. The molecule has 9 nitrogen and oxygen atoms in total. The quantitative estimate of drug-likeness (QED) is 0.0206. The summed E-state index contributed by atoms with van der Waals surface area (Å²) in [5, 5.41) is 19.3. The molecule has 54 heavy (non-hydrogen) atoms. The summed E-state index contributed by atoms with van der Waals surface area (Å²) in [7, 11) is 0.359. The van der Waals surface area contributed by atoms with E-state index in [1.54, 1.807) is 0 Å². The van der Waals surface area contributed by atoms with Gasteiger partial charge in [0.05, 0.1) is 33.9 Å². The second kappa shape index (κ2) is 35.1. The van der Waals surface area contributed by atoms with Gasteiger partial charge in [0.25, 0.3) is 0 Å². The van der Waals surface area contributed by atoms with Crippen LogP contribution in [0.1, 0.15) is 206 Å². The number of carbonyl (C=O) groups is 2. The molecule has 0 saturated heterocycles. The molecule has 320 valence electrons.